The van der Waals surface area contributed by atoms with Crippen molar-refractivity contribution in [2.45, 2.75) is 104 Å². The van der Waals surface area contributed by atoms with Gasteiger partial charge >= 0.3 is 0 Å². The van der Waals surface area contributed by atoms with Gasteiger partial charge in [0.15, 0.2) is 0 Å². The van der Waals surface area contributed by atoms with E-state index in [1.165, 1.54) is 101 Å². The first-order valence-corrected chi connectivity index (χ1v) is 10.5. The fourth-order valence-electron chi connectivity index (χ4n) is 3.47. The van der Waals surface area contributed by atoms with Gasteiger partial charge in [-0.05, 0) is 58.3 Å². The average molecular weight is 333 g/mol. The summed E-state index contributed by atoms with van der Waals surface area (Å²) in [5.74, 6) is 0. The third kappa shape index (κ3) is 11.8. The molecule has 1 nitrogen and oxygen atoms in total. The van der Waals surface area contributed by atoms with E-state index in [4.69, 9.17) is 11.6 Å². The van der Waals surface area contributed by atoms with Crippen molar-refractivity contribution in [1.29, 1.82) is 0 Å². The first-order valence-electron chi connectivity index (χ1n) is 10.1. The van der Waals surface area contributed by atoms with Crippen molar-refractivity contribution in [2.75, 3.05) is 26.2 Å². The monoisotopic (exact) mass is 332 g/mol. The Kier molecular flexibility index (Phi) is 15.0. The number of nitrogens with zero attached hydrogens (tertiary/aromatic N) is 1. The fourth-order valence-corrected chi connectivity index (χ4v) is 3.62. The van der Waals surface area contributed by atoms with Gasteiger partial charge in [0, 0.05) is 5.38 Å². The quantitative estimate of drug-likeness (QED) is 0.166. The van der Waals surface area contributed by atoms with E-state index in [0.717, 1.165) is 0 Å². The van der Waals surface area contributed by atoms with Gasteiger partial charge in [-0.15, -0.1) is 11.6 Å². The number of alkyl halides is 1. The van der Waals surface area contributed by atoms with Gasteiger partial charge in [0.25, 0.3) is 0 Å². The highest BCUT2D eigenvalue weighted by Crippen LogP contribution is 2.19. The molecule has 0 heterocycles. The van der Waals surface area contributed by atoms with E-state index in [2.05, 4.69) is 27.7 Å². The number of unbranched alkanes of at least 4 members (excludes halogenated alkanes) is 6. The van der Waals surface area contributed by atoms with Crippen LogP contribution in [-0.2, 0) is 0 Å². The van der Waals surface area contributed by atoms with Crippen molar-refractivity contribution in [3.05, 3.63) is 0 Å². The minimum absolute atomic E-state index is 0.337. The molecule has 134 valence electrons. The third-order valence-corrected chi connectivity index (χ3v) is 5.16. The van der Waals surface area contributed by atoms with Crippen molar-refractivity contribution in [3.8, 4) is 0 Å². The summed E-state index contributed by atoms with van der Waals surface area (Å²) >= 11 is 6.18. The molecule has 0 aromatic carbocycles. The van der Waals surface area contributed by atoms with Crippen LogP contribution in [0.2, 0.25) is 0 Å². The minimum atomic E-state index is 0.337. The Balaban J connectivity index is 4.60. The van der Waals surface area contributed by atoms with Gasteiger partial charge in [-0.2, -0.15) is 0 Å². The van der Waals surface area contributed by atoms with Crippen LogP contribution in [0.15, 0.2) is 0 Å². The molecule has 2 heteroatoms. The summed E-state index contributed by atoms with van der Waals surface area (Å²) < 4.78 is 1.38. The zero-order valence-electron chi connectivity index (χ0n) is 16.0. The number of hydrogen-bond donors (Lipinski definition) is 0. The summed E-state index contributed by atoms with van der Waals surface area (Å²) in [5.41, 5.74) is 0. The molecular weight excluding hydrogens is 290 g/mol. The molecular formula is C20H43ClN+. The van der Waals surface area contributed by atoms with E-state index >= 15 is 0 Å². The molecule has 0 radical (unpaired) electrons. The standard InChI is InChI=1S/C20H43ClN/c1-5-8-11-16-22(17-12-9-6-2,18-13-10-7-3)19-14-15-20(4)21/h20H,5-19H2,1-4H3/q+1. The third-order valence-electron chi connectivity index (χ3n) is 4.94. The van der Waals surface area contributed by atoms with Gasteiger partial charge in [0.1, 0.15) is 0 Å². The van der Waals surface area contributed by atoms with Gasteiger partial charge in [-0.3, -0.25) is 0 Å². The largest absolute Gasteiger partial charge is 0.324 e. The Labute approximate surface area is 146 Å². The van der Waals surface area contributed by atoms with E-state index in [1.807, 2.05) is 0 Å². The summed E-state index contributed by atoms with van der Waals surface area (Å²) in [6.07, 6.45) is 14.9. The van der Waals surface area contributed by atoms with E-state index in [0.29, 0.717) is 5.38 Å². The highest BCUT2D eigenvalue weighted by molar-refractivity contribution is 6.20. The molecule has 0 aliphatic carbocycles. The van der Waals surface area contributed by atoms with Crippen molar-refractivity contribution in [3.63, 3.8) is 0 Å². The molecule has 0 aliphatic rings. The van der Waals surface area contributed by atoms with Crippen molar-refractivity contribution in [2.24, 2.45) is 0 Å². The molecule has 0 spiro atoms. The summed E-state index contributed by atoms with van der Waals surface area (Å²) in [6.45, 7) is 14.7. The summed E-state index contributed by atoms with van der Waals surface area (Å²) in [6, 6.07) is 0. The molecule has 0 aromatic rings. The van der Waals surface area contributed by atoms with Gasteiger partial charge in [0.05, 0.1) is 26.2 Å². The Hall–Kier alpha value is 0.250. The van der Waals surface area contributed by atoms with Crippen molar-refractivity contribution >= 4 is 11.6 Å². The number of quaternary nitrogens is 1. The molecule has 0 bridgehead atoms. The zero-order valence-corrected chi connectivity index (χ0v) is 16.8. The lowest BCUT2D eigenvalue weighted by atomic mass is 10.1. The van der Waals surface area contributed by atoms with Crippen molar-refractivity contribution < 1.29 is 4.48 Å². The van der Waals surface area contributed by atoms with Crippen LogP contribution in [0.5, 0.6) is 0 Å². The van der Waals surface area contributed by atoms with Crippen LogP contribution in [0.25, 0.3) is 0 Å². The highest BCUT2D eigenvalue weighted by atomic mass is 35.5. The number of hydrogen-bond acceptors (Lipinski definition) is 0. The van der Waals surface area contributed by atoms with Gasteiger partial charge in [-0.25, -0.2) is 0 Å². The molecule has 0 fully saturated rings. The van der Waals surface area contributed by atoms with Crippen LogP contribution in [0, 0.1) is 0 Å². The second kappa shape index (κ2) is 14.8. The number of rotatable bonds is 16. The molecule has 1 unspecified atom stereocenters. The predicted octanol–water partition coefficient (Wildman–Crippen LogP) is 6.78. The molecule has 22 heavy (non-hydrogen) atoms. The molecule has 0 rings (SSSR count). The summed E-state index contributed by atoms with van der Waals surface area (Å²) in [7, 11) is 0. The molecule has 0 saturated heterocycles. The first kappa shape index (κ1) is 22.2. The smallest absolute Gasteiger partial charge is 0.0787 e. The van der Waals surface area contributed by atoms with Crippen molar-refractivity contribution in [1.82, 2.24) is 0 Å². The van der Waals surface area contributed by atoms with Crippen LogP contribution < -0.4 is 0 Å². The Morgan fingerprint density at radius 3 is 1.32 bits per heavy atom. The Bertz CT molecular complexity index is 201. The molecule has 0 aromatic heterocycles. The van der Waals surface area contributed by atoms with Crippen LogP contribution in [0.1, 0.15) is 98.3 Å². The molecule has 0 N–H and O–H groups in total. The predicted molar refractivity (Wildman–Crippen MR) is 103 cm³/mol. The average Bonchev–Trinajstić information content (AvgIpc) is 2.47. The van der Waals surface area contributed by atoms with Crippen LogP contribution in [-0.4, -0.2) is 36.0 Å². The zero-order chi connectivity index (χ0) is 16.7. The van der Waals surface area contributed by atoms with Gasteiger partial charge in [0.2, 0.25) is 0 Å². The normalized spacial score (nSPS) is 13.5. The second-order valence-electron chi connectivity index (χ2n) is 7.28. The summed E-state index contributed by atoms with van der Waals surface area (Å²) in [5, 5.41) is 0.337. The first-order chi connectivity index (χ1) is 10.6. The maximum absolute atomic E-state index is 6.18. The fraction of sp³-hybridized carbons (Fsp3) is 1.00. The minimum Gasteiger partial charge on any atom is -0.324 e. The van der Waals surface area contributed by atoms with Crippen LogP contribution >= 0.6 is 11.6 Å². The van der Waals surface area contributed by atoms with Gasteiger partial charge in [-0.1, -0.05) is 40.0 Å². The Morgan fingerprint density at radius 1 is 0.636 bits per heavy atom. The van der Waals surface area contributed by atoms with E-state index < -0.39 is 0 Å². The Morgan fingerprint density at radius 2 is 1.00 bits per heavy atom. The highest BCUT2D eigenvalue weighted by Gasteiger charge is 2.25. The lowest BCUT2D eigenvalue weighted by Gasteiger charge is -2.39. The maximum Gasteiger partial charge on any atom is 0.0787 e. The van der Waals surface area contributed by atoms with E-state index in [-0.39, 0.29) is 0 Å². The molecule has 1 atom stereocenters. The van der Waals surface area contributed by atoms with E-state index in [1.54, 1.807) is 0 Å². The van der Waals surface area contributed by atoms with Crippen LogP contribution in [0.4, 0.5) is 0 Å². The maximum atomic E-state index is 6.18. The lowest BCUT2D eigenvalue weighted by molar-refractivity contribution is -0.929. The second-order valence-corrected chi connectivity index (χ2v) is 8.03. The molecule has 0 aliphatic heterocycles. The SMILES string of the molecule is CCCCC[N+](CCCCC)(CCCCC)CCCC(C)Cl. The summed E-state index contributed by atoms with van der Waals surface area (Å²) in [4.78, 5) is 0. The molecule has 0 amide bonds. The van der Waals surface area contributed by atoms with E-state index in [9.17, 15) is 0 Å². The van der Waals surface area contributed by atoms with Crippen LogP contribution in [0.3, 0.4) is 0 Å². The molecule has 0 saturated carbocycles. The number of halogens is 1. The lowest BCUT2D eigenvalue weighted by Crippen LogP contribution is -2.51. The topological polar surface area (TPSA) is 0 Å². The van der Waals surface area contributed by atoms with Gasteiger partial charge < -0.3 is 4.48 Å².